The molecule has 2 heterocycles. The third-order valence-electron chi connectivity index (χ3n) is 4.13. The fourth-order valence-corrected chi connectivity index (χ4v) is 3.06. The summed E-state index contributed by atoms with van der Waals surface area (Å²) >= 11 is 0. The van der Waals surface area contributed by atoms with Gasteiger partial charge in [0.05, 0.1) is 0 Å². The van der Waals surface area contributed by atoms with Crippen LogP contribution in [0.5, 0.6) is 0 Å². The zero-order valence-corrected chi connectivity index (χ0v) is 11.3. The van der Waals surface area contributed by atoms with E-state index in [-0.39, 0.29) is 12.0 Å². The number of rotatable bonds is 1. The zero-order valence-electron chi connectivity index (χ0n) is 11.3. The lowest BCUT2D eigenvalue weighted by atomic mass is 9.79. The van der Waals surface area contributed by atoms with Crippen molar-refractivity contribution in [3.05, 3.63) is 65.7 Å². The van der Waals surface area contributed by atoms with Crippen molar-refractivity contribution in [2.75, 3.05) is 5.32 Å². The van der Waals surface area contributed by atoms with Crippen LogP contribution in [0.25, 0.3) is 0 Å². The molecule has 1 spiro atoms. The Labute approximate surface area is 122 Å². The molecule has 1 amide bonds. The summed E-state index contributed by atoms with van der Waals surface area (Å²) in [7, 11) is 0. The lowest BCUT2D eigenvalue weighted by molar-refractivity contribution is -0.124. The van der Waals surface area contributed by atoms with Gasteiger partial charge in [-0.25, -0.2) is 4.99 Å². The predicted octanol–water partition coefficient (Wildman–Crippen LogP) is 2.72. The summed E-state index contributed by atoms with van der Waals surface area (Å²) in [5, 5.41) is 2.96. The van der Waals surface area contributed by atoms with Gasteiger partial charge in [-0.05, 0) is 17.2 Å². The molecular weight excluding hydrogens is 264 g/mol. The summed E-state index contributed by atoms with van der Waals surface area (Å²) < 4.78 is 5.67. The first kappa shape index (κ1) is 12.1. The second kappa shape index (κ2) is 4.45. The Morgan fingerprint density at radius 1 is 1.10 bits per heavy atom. The molecule has 2 aliphatic heterocycles. The van der Waals surface area contributed by atoms with Crippen molar-refractivity contribution in [1.29, 1.82) is 0 Å². The predicted molar refractivity (Wildman–Crippen MR) is 80.3 cm³/mol. The van der Waals surface area contributed by atoms with Crippen molar-refractivity contribution >= 4 is 18.0 Å². The molecule has 2 aromatic rings. The van der Waals surface area contributed by atoms with Crippen molar-refractivity contribution in [2.24, 2.45) is 4.99 Å². The van der Waals surface area contributed by atoms with E-state index in [9.17, 15) is 4.79 Å². The molecule has 0 unspecified atom stereocenters. The fourth-order valence-electron chi connectivity index (χ4n) is 3.06. The molecule has 0 saturated heterocycles. The van der Waals surface area contributed by atoms with Crippen LogP contribution in [0.3, 0.4) is 0 Å². The van der Waals surface area contributed by atoms with Gasteiger partial charge in [0.1, 0.15) is 0 Å². The van der Waals surface area contributed by atoms with E-state index >= 15 is 0 Å². The standard InChI is InChI=1S/C17H14N2O2/c20-16-17(10-13-8-4-5-9-14(13)19-16)15(21-11-18-17)12-6-2-1-3-7-12/h1-9,11,15H,10H2,(H,19,20)/t15-,17-/m0/s1. The molecule has 2 aromatic carbocycles. The molecular formula is C17H14N2O2. The number of carbonyl (C=O) groups excluding carboxylic acids is 1. The van der Waals surface area contributed by atoms with Crippen molar-refractivity contribution in [2.45, 2.75) is 18.1 Å². The lowest BCUT2D eigenvalue weighted by Gasteiger charge is -2.34. The summed E-state index contributed by atoms with van der Waals surface area (Å²) in [6.07, 6.45) is 1.57. The van der Waals surface area contributed by atoms with Crippen molar-refractivity contribution in [3.63, 3.8) is 0 Å². The highest BCUT2D eigenvalue weighted by atomic mass is 16.5. The molecule has 4 nitrogen and oxygen atoms in total. The number of anilines is 1. The molecule has 104 valence electrons. The van der Waals surface area contributed by atoms with E-state index in [1.54, 1.807) is 0 Å². The van der Waals surface area contributed by atoms with Crippen LogP contribution in [0.2, 0.25) is 0 Å². The number of nitrogens with one attached hydrogen (secondary N) is 1. The Balaban J connectivity index is 1.79. The maximum Gasteiger partial charge on any atom is 0.257 e. The molecule has 0 aromatic heterocycles. The number of nitrogens with zero attached hydrogens (tertiary/aromatic N) is 1. The number of aliphatic imine (C=N–C) groups is 1. The average Bonchev–Trinajstić information content (AvgIpc) is 2.94. The van der Waals surface area contributed by atoms with Gasteiger partial charge in [0.2, 0.25) is 0 Å². The Hall–Kier alpha value is -2.62. The highest BCUT2D eigenvalue weighted by Gasteiger charge is 2.53. The number of para-hydroxylation sites is 1. The van der Waals surface area contributed by atoms with Gasteiger partial charge in [-0.1, -0.05) is 48.5 Å². The van der Waals surface area contributed by atoms with Gasteiger partial charge in [-0.2, -0.15) is 0 Å². The molecule has 2 aliphatic rings. The van der Waals surface area contributed by atoms with E-state index in [1.807, 2.05) is 54.6 Å². The van der Waals surface area contributed by atoms with Gasteiger partial charge in [-0.3, -0.25) is 4.79 Å². The number of benzene rings is 2. The van der Waals surface area contributed by atoms with Crippen LogP contribution in [0.1, 0.15) is 17.2 Å². The van der Waals surface area contributed by atoms with Crippen LogP contribution in [0, 0.1) is 0 Å². The van der Waals surface area contributed by atoms with Crippen molar-refractivity contribution in [1.82, 2.24) is 0 Å². The average molecular weight is 278 g/mol. The number of hydrogen-bond acceptors (Lipinski definition) is 3. The monoisotopic (exact) mass is 278 g/mol. The Morgan fingerprint density at radius 2 is 1.86 bits per heavy atom. The zero-order chi connectivity index (χ0) is 14.3. The van der Waals surface area contributed by atoms with E-state index in [1.165, 1.54) is 6.40 Å². The van der Waals surface area contributed by atoms with E-state index in [0.29, 0.717) is 6.42 Å². The maximum atomic E-state index is 12.7. The normalized spacial score (nSPS) is 26.3. The topological polar surface area (TPSA) is 50.7 Å². The molecule has 0 aliphatic carbocycles. The number of fused-ring (bicyclic) bond motifs is 1. The SMILES string of the molecule is O=C1Nc2ccccc2C[C@@]12N=CO[C@H]2c1ccccc1. The fraction of sp³-hybridized carbons (Fsp3) is 0.176. The number of carbonyl (C=O) groups is 1. The smallest absolute Gasteiger partial charge is 0.257 e. The first-order valence-corrected chi connectivity index (χ1v) is 6.93. The van der Waals surface area contributed by atoms with Gasteiger partial charge in [0, 0.05) is 12.1 Å². The Kier molecular flexibility index (Phi) is 2.57. The van der Waals surface area contributed by atoms with E-state index in [2.05, 4.69) is 10.3 Å². The minimum absolute atomic E-state index is 0.108. The Bertz CT molecular complexity index is 727. The Morgan fingerprint density at radius 3 is 2.71 bits per heavy atom. The molecule has 0 bridgehead atoms. The van der Waals surface area contributed by atoms with Crippen molar-refractivity contribution < 1.29 is 9.53 Å². The number of amides is 1. The second-order valence-electron chi connectivity index (χ2n) is 5.37. The van der Waals surface area contributed by atoms with Gasteiger partial charge in [0.15, 0.2) is 18.0 Å². The minimum atomic E-state index is -0.907. The second-order valence-corrected chi connectivity index (χ2v) is 5.37. The summed E-state index contributed by atoms with van der Waals surface area (Å²) in [4.78, 5) is 17.1. The summed E-state index contributed by atoms with van der Waals surface area (Å²) in [6, 6.07) is 17.6. The lowest BCUT2D eigenvalue weighted by Crippen LogP contribution is -2.49. The molecule has 21 heavy (non-hydrogen) atoms. The molecule has 4 heteroatoms. The minimum Gasteiger partial charge on any atom is -0.472 e. The van der Waals surface area contributed by atoms with Crippen LogP contribution in [-0.4, -0.2) is 17.8 Å². The first-order valence-electron chi connectivity index (χ1n) is 6.93. The summed E-state index contributed by atoms with van der Waals surface area (Å²) in [5.41, 5.74) is 2.00. The molecule has 1 N–H and O–H groups in total. The van der Waals surface area contributed by atoms with E-state index in [0.717, 1.165) is 16.8 Å². The van der Waals surface area contributed by atoms with Crippen LogP contribution in [0.4, 0.5) is 5.69 Å². The quantitative estimate of drug-likeness (QED) is 0.872. The molecule has 4 rings (SSSR count). The van der Waals surface area contributed by atoms with E-state index < -0.39 is 5.54 Å². The first-order chi connectivity index (χ1) is 10.3. The van der Waals surface area contributed by atoms with E-state index in [4.69, 9.17) is 4.74 Å². The van der Waals surface area contributed by atoms with Gasteiger partial charge < -0.3 is 10.1 Å². The summed E-state index contributed by atoms with van der Waals surface area (Å²) in [6.45, 7) is 0. The third-order valence-corrected chi connectivity index (χ3v) is 4.13. The molecule has 0 saturated carbocycles. The van der Waals surface area contributed by atoms with Gasteiger partial charge in [-0.15, -0.1) is 0 Å². The largest absolute Gasteiger partial charge is 0.472 e. The van der Waals surface area contributed by atoms with Crippen LogP contribution >= 0.6 is 0 Å². The third kappa shape index (κ3) is 1.76. The molecule has 0 fully saturated rings. The number of ether oxygens (including phenoxy) is 1. The van der Waals surface area contributed by atoms with Crippen molar-refractivity contribution in [3.8, 4) is 0 Å². The van der Waals surface area contributed by atoms with Gasteiger partial charge in [0.25, 0.3) is 5.91 Å². The summed E-state index contributed by atoms with van der Waals surface area (Å²) in [5.74, 6) is -0.108. The van der Waals surface area contributed by atoms with Crippen LogP contribution in [-0.2, 0) is 16.0 Å². The number of hydrogen-bond donors (Lipinski definition) is 1. The highest BCUT2D eigenvalue weighted by molar-refractivity contribution is 6.03. The van der Waals surface area contributed by atoms with Crippen LogP contribution in [0.15, 0.2) is 59.6 Å². The van der Waals surface area contributed by atoms with Gasteiger partial charge >= 0.3 is 0 Å². The van der Waals surface area contributed by atoms with Crippen LogP contribution < -0.4 is 5.32 Å². The molecule has 0 radical (unpaired) electrons. The maximum absolute atomic E-state index is 12.7. The molecule has 2 atom stereocenters. The highest BCUT2D eigenvalue weighted by Crippen LogP contribution is 2.43.